The third-order valence-corrected chi connectivity index (χ3v) is 5.55. The molecule has 4 saturated heterocycles. The molecule has 0 aromatic carbocycles. The molecule has 6 atom stereocenters. The minimum absolute atomic E-state index is 0.357. The van der Waals surface area contributed by atoms with Crippen LogP contribution in [-0.2, 0) is 9.47 Å². The van der Waals surface area contributed by atoms with Crippen molar-refractivity contribution < 1.29 is 9.47 Å². The summed E-state index contributed by atoms with van der Waals surface area (Å²) in [7, 11) is 0. The Morgan fingerprint density at radius 2 is 1.36 bits per heavy atom. The summed E-state index contributed by atoms with van der Waals surface area (Å²) in [5, 5.41) is 7.05. The van der Waals surface area contributed by atoms with Crippen LogP contribution in [0.1, 0.15) is 38.5 Å². The molecule has 4 bridgehead atoms. The van der Waals surface area contributed by atoms with Crippen molar-refractivity contribution >= 4 is 11.6 Å². The molecule has 118 valence electrons. The number of hydrogen-bond acceptors (Lipinski definition) is 6. The smallest absolute Gasteiger partial charge is 0.131 e. The molecule has 5 rings (SSSR count). The molecule has 0 saturated carbocycles. The quantitative estimate of drug-likeness (QED) is 0.886. The van der Waals surface area contributed by atoms with E-state index < -0.39 is 0 Å². The molecule has 0 unspecified atom stereocenters. The maximum Gasteiger partial charge on any atom is 0.131 e. The van der Waals surface area contributed by atoms with Crippen molar-refractivity contribution in [3.05, 3.63) is 12.4 Å². The van der Waals surface area contributed by atoms with Gasteiger partial charge in [-0.3, -0.25) is 0 Å². The van der Waals surface area contributed by atoms with E-state index in [0.717, 1.165) is 24.5 Å². The maximum absolute atomic E-state index is 5.89. The van der Waals surface area contributed by atoms with Gasteiger partial charge in [0.15, 0.2) is 0 Å². The monoisotopic (exact) mass is 302 g/mol. The Hall–Kier alpha value is -1.40. The molecule has 4 aliphatic heterocycles. The third-order valence-electron chi connectivity index (χ3n) is 5.55. The first kappa shape index (κ1) is 13.1. The number of anilines is 2. The fraction of sp³-hybridized carbons (Fsp3) is 0.750. The van der Waals surface area contributed by atoms with Crippen LogP contribution in [0.15, 0.2) is 12.4 Å². The predicted molar refractivity (Wildman–Crippen MR) is 81.9 cm³/mol. The Morgan fingerprint density at radius 3 is 1.77 bits per heavy atom. The van der Waals surface area contributed by atoms with Crippen LogP contribution in [0.3, 0.4) is 0 Å². The van der Waals surface area contributed by atoms with Crippen molar-refractivity contribution in [2.75, 3.05) is 10.6 Å². The molecule has 0 amide bonds. The van der Waals surface area contributed by atoms with Crippen LogP contribution >= 0.6 is 0 Å². The first-order valence-electron chi connectivity index (χ1n) is 8.49. The standard InChI is InChI=1S/C16H22N4O2/c1-3-13-11(5-9(1)21-13)19-15-7-16(18-8-17-15)20-12-6-10-2-4-14(12)22-10/h7-14H,1-6H2,(H2,17,18,19,20)/t9-,10-,11-,12+,13-,14-/m0/s1. The minimum atomic E-state index is 0.357. The Kier molecular flexibility index (Phi) is 3.01. The van der Waals surface area contributed by atoms with Crippen molar-refractivity contribution in [3.8, 4) is 0 Å². The molecule has 0 radical (unpaired) electrons. The van der Waals surface area contributed by atoms with E-state index in [-0.39, 0.29) is 0 Å². The SMILES string of the molecule is c1nc(N[C@H]2C[C@@H]3CC[C@@H]2O3)cc(N[C@@H]2C[C@@H]3CC[C@@H]2O3)n1. The van der Waals surface area contributed by atoms with Gasteiger partial charge >= 0.3 is 0 Å². The largest absolute Gasteiger partial charge is 0.373 e. The van der Waals surface area contributed by atoms with E-state index in [1.165, 1.54) is 25.7 Å². The first-order chi connectivity index (χ1) is 10.8. The Morgan fingerprint density at radius 1 is 0.818 bits per heavy atom. The Bertz CT molecular complexity index is 524. The molecule has 1 aromatic heterocycles. The van der Waals surface area contributed by atoms with Gasteiger partial charge in [-0.05, 0) is 38.5 Å². The highest BCUT2D eigenvalue weighted by molar-refractivity contribution is 5.48. The van der Waals surface area contributed by atoms with Crippen LogP contribution in [0.5, 0.6) is 0 Å². The van der Waals surface area contributed by atoms with E-state index >= 15 is 0 Å². The van der Waals surface area contributed by atoms with Gasteiger partial charge in [-0.1, -0.05) is 0 Å². The zero-order valence-electron chi connectivity index (χ0n) is 12.6. The molecule has 4 aliphatic rings. The van der Waals surface area contributed by atoms with Gasteiger partial charge in [-0.25, -0.2) is 9.97 Å². The summed E-state index contributed by atoms with van der Waals surface area (Å²) >= 11 is 0. The van der Waals surface area contributed by atoms with E-state index in [2.05, 4.69) is 20.6 Å². The second-order valence-corrected chi connectivity index (χ2v) is 7.01. The van der Waals surface area contributed by atoms with E-state index in [9.17, 15) is 0 Å². The molecule has 1 aromatic rings. The maximum atomic E-state index is 5.89. The van der Waals surface area contributed by atoms with E-state index in [0.29, 0.717) is 36.5 Å². The van der Waals surface area contributed by atoms with E-state index in [1.807, 2.05) is 6.07 Å². The number of nitrogens with zero attached hydrogens (tertiary/aromatic N) is 2. The number of nitrogens with one attached hydrogen (secondary N) is 2. The molecule has 4 fully saturated rings. The van der Waals surface area contributed by atoms with Gasteiger partial charge in [0.05, 0.1) is 36.5 Å². The lowest BCUT2D eigenvalue weighted by Gasteiger charge is -2.22. The van der Waals surface area contributed by atoms with Gasteiger partial charge in [-0.2, -0.15) is 0 Å². The van der Waals surface area contributed by atoms with Gasteiger partial charge in [0.1, 0.15) is 18.0 Å². The van der Waals surface area contributed by atoms with Crippen molar-refractivity contribution in [1.29, 1.82) is 0 Å². The van der Waals surface area contributed by atoms with E-state index in [1.54, 1.807) is 6.33 Å². The molecule has 2 N–H and O–H groups in total. The highest BCUT2D eigenvalue weighted by Gasteiger charge is 2.42. The topological polar surface area (TPSA) is 68.3 Å². The number of rotatable bonds is 4. The van der Waals surface area contributed by atoms with Crippen LogP contribution in [0.25, 0.3) is 0 Å². The number of ether oxygens (including phenoxy) is 2. The summed E-state index contributed by atoms with van der Waals surface area (Å²) in [4.78, 5) is 8.72. The zero-order chi connectivity index (χ0) is 14.5. The molecule has 5 heterocycles. The van der Waals surface area contributed by atoms with Crippen LogP contribution < -0.4 is 10.6 Å². The lowest BCUT2D eigenvalue weighted by molar-refractivity contribution is 0.102. The second-order valence-electron chi connectivity index (χ2n) is 7.01. The van der Waals surface area contributed by atoms with Crippen molar-refractivity contribution in [2.45, 2.75) is 75.0 Å². The zero-order valence-corrected chi connectivity index (χ0v) is 12.6. The summed E-state index contributed by atoms with van der Waals surface area (Å²) in [6.45, 7) is 0. The second kappa shape index (κ2) is 5.06. The predicted octanol–water partition coefficient (Wildman–Crippen LogP) is 1.94. The third kappa shape index (κ3) is 2.25. The molecule has 0 aliphatic carbocycles. The highest BCUT2D eigenvalue weighted by Crippen LogP contribution is 2.37. The fourth-order valence-electron chi connectivity index (χ4n) is 4.47. The van der Waals surface area contributed by atoms with Crippen molar-refractivity contribution in [2.24, 2.45) is 0 Å². The van der Waals surface area contributed by atoms with Crippen LogP contribution in [0, 0.1) is 0 Å². The van der Waals surface area contributed by atoms with Gasteiger partial charge in [0.2, 0.25) is 0 Å². The number of hydrogen-bond donors (Lipinski definition) is 2. The van der Waals surface area contributed by atoms with Crippen molar-refractivity contribution in [1.82, 2.24) is 9.97 Å². The molecule has 0 spiro atoms. The molecule has 6 nitrogen and oxygen atoms in total. The molecular weight excluding hydrogens is 280 g/mol. The number of fused-ring (bicyclic) bond motifs is 4. The summed E-state index contributed by atoms with van der Waals surface area (Å²) < 4.78 is 11.8. The summed E-state index contributed by atoms with van der Waals surface area (Å²) in [6, 6.07) is 2.80. The summed E-state index contributed by atoms with van der Waals surface area (Å²) in [5.41, 5.74) is 0. The van der Waals surface area contributed by atoms with Gasteiger partial charge in [0.25, 0.3) is 0 Å². The molecular formula is C16H22N4O2. The Labute approximate surface area is 130 Å². The first-order valence-corrected chi connectivity index (χ1v) is 8.49. The van der Waals surface area contributed by atoms with Gasteiger partial charge in [-0.15, -0.1) is 0 Å². The van der Waals surface area contributed by atoms with E-state index in [4.69, 9.17) is 9.47 Å². The number of aromatic nitrogens is 2. The normalized spacial score (nSPS) is 42.0. The van der Waals surface area contributed by atoms with Gasteiger partial charge in [0, 0.05) is 6.07 Å². The lowest BCUT2D eigenvalue weighted by Crippen LogP contribution is -2.32. The summed E-state index contributed by atoms with van der Waals surface area (Å²) in [5.74, 6) is 1.78. The van der Waals surface area contributed by atoms with Crippen molar-refractivity contribution in [3.63, 3.8) is 0 Å². The fourth-order valence-corrected chi connectivity index (χ4v) is 4.47. The summed E-state index contributed by atoms with van der Waals surface area (Å²) in [6.07, 6.45) is 10.2. The average Bonchev–Trinajstić information content (AvgIpc) is 3.28. The van der Waals surface area contributed by atoms with Crippen LogP contribution in [0.4, 0.5) is 11.6 Å². The Balaban J connectivity index is 1.25. The highest BCUT2D eigenvalue weighted by atomic mass is 16.5. The van der Waals surface area contributed by atoms with Crippen LogP contribution in [0.2, 0.25) is 0 Å². The van der Waals surface area contributed by atoms with Gasteiger partial charge < -0.3 is 20.1 Å². The average molecular weight is 302 g/mol. The molecule has 6 heteroatoms. The lowest BCUT2D eigenvalue weighted by atomic mass is 9.95. The van der Waals surface area contributed by atoms with Crippen LogP contribution in [-0.4, -0.2) is 46.5 Å². The minimum Gasteiger partial charge on any atom is -0.373 e. The molecule has 22 heavy (non-hydrogen) atoms.